The first-order valence-corrected chi connectivity index (χ1v) is 17.9. The lowest BCUT2D eigenvalue weighted by molar-refractivity contribution is -0.164. The van der Waals surface area contributed by atoms with Gasteiger partial charge in [-0.3, -0.25) is 14.6 Å². The highest BCUT2D eigenvalue weighted by atomic mass is 35.5. The first-order chi connectivity index (χ1) is 23.0. The Balaban J connectivity index is 1.68. The largest absolute Gasteiger partial charge is 0.489 e. The molecule has 266 valence electrons. The fourth-order valence-corrected chi connectivity index (χ4v) is 5.75. The van der Waals surface area contributed by atoms with Crippen molar-refractivity contribution in [3.8, 4) is 17.2 Å². The van der Waals surface area contributed by atoms with Crippen molar-refractivity contribution in [2.24, 2.45) is 11.8 Å². The second-order valence-electron chi connectivity index (χ2n) is 12.7. The molecule has 3 aromatic rings. The zero-order valence-corrected chi connectivity index (χ0v) is 29.6. The van der Waals surface area contributed by atoms with Gasteiger partial charge in [-0.25, -0.2) is 0 Å². The maximum Gasteiger partial charge on any atom is 0.387 e. The molecule has 1 saturated carbocycles. The van der Waals surface area contributed by atoms with Gasteiger partial charge < -0.3 is 23.1 Å². The topological polar surface area (TPSA) is 127 Å². The van der Waals surface area contributed by atoms with Crippen molar-refractivity contribution < 1.29 is 49.9 Å². The molecule has 1 aliphatic rings. The summed E-state index contributed by atoms with van der Waals surface area (Å²) >= 11 is 12.9. The van der Waals surface area contributed by atoms with Crippen LogP contribution >= 0.6 is 23.2 Å². The van der Waals surface area contributed by atoms with Crippen LogP contribution in [-0.2, 0) is 42.0 Å². The Morgan fingerprint density at radius 1 is 0.980 bits per heavy atom. The van der Waals surface area contributed by atoms with Crippen LogP contribution in [0.2, 0.25) is 10.0 Å². The maximum absolute atomic E-state index is 14.0. The normalized spacial score (nSPS) is 14.6. The third-order valence-corrected chi connectivity index (χ3v) is 8.29. The van der Waals surface area contributed by atoms with Crippen LogP contribution in [0.25, 0.3) is 0 Å². The van der Waals surface area contributed by atoms with E-state index in [1.807, 2.05) is 0 Å². The number of benzene rings is 2. The number of alkyl halides is 2. The highest BCUT2D eigenvalue weighted by molar-refractivity contribution is 7.86. The predicted octanol–water partition coefficient (Wildman–Crippen LogP) is 7.53. The van der Waals surface area contributed by atoms with Crippen molar-refractivity contribution in [3.05, 3.63) is 81.6 Å². The molecule has 0 unspecified atom stereocenters. The van der Waals surface area contributed by atoms with Crippen molar-refractivity contribution in [1.82, 2.24) is 4.98 Å². The minimum absolute atomic E-state index is 0.0115. The van der Waals surface area contributed by atoms with Gasteiger partial charge in [0.25, 0.3) is 0 Å². The van der Waals surface area contributed by atoms with E-state index in [0.29, 0.717) is 29.2 Å². The Morgan fingerprint density at radius 3 is 2.20 bits per heavy atom. The number of carbonyl (C=O) groups is 2. The van der Waals surface area contributed by atoms with E-state index in [4.69, 9.17) is 41.6 Å². The molecule has 0 saturated heterocycles. The zero-order valence-electron chi connectivity index (χ0n) is 27.3. The number of aromatic nitrogens is 1. The van der Waals surface area contributed by atoms with Gasteiger partial charge in [-0.1, -0.05) is 41.4 Å². The van der Waals surface area contributed by atoms with Gasteiger partial charge in [-0.05, 0) is 86.9 Å². The van der Waals surface area contributed by atoms with E-state index in [2.05, 4.69) is 9.72 Å². The second kappa shape index (κ2) is 16.4. The molecular weight excluding hydrogens is 707 g/mol. The number of ether oxygens (including phenoxy) is 4. The third-order valence-electron chi connectivity index (χ3n) is 7.15. The molecule has 2 atom stereocenters. The molecule has 0 spiro atoms. The monoisotopic (exact) mass is 743 g/mol. The van der Waals surface area contributed by atoms with Crippen LogP contribution in [0.4, 0.5) is 8.78 Å². The van der Waals surface area contributed by atoms with E-state index < -0.39 is 46.3 Å². The highest BCUT2D eigenvalue weighted by Crippen LogP contribution is 2.38. The van der Waals surface area contributed by atoms with Gasteiger partial charge in [0.1, 0.15) is 17.5 Å². The number of nitrogens with zero attached hydrogens (tertiary/aromatic N) is 1. The molecule has 1 fully saturated rings. The zero-order chi connectivity index (χ0) is 35.9. The number of esters is 2. The summed E-state index contributed by atoms with van der Waals surface area (Å²) in [7, 11) is -3.76. The lowest BCUT2D eigenvalue weighted by Gasteiger charge is -2.25. The first-order valence-electron chi connectivity index (χ1n) is 15.4. The molecule has 4 rings (SSSR count). The highest BCUT2D eigenvalue weighted by Gasteiger charge is 2.31. The first kappa shape index (κ1) is 38.1. The quantitative estimate of drug-likeness (QED) is 0.107. The van der Waals surface area contributed by atoms with Gasteiger partial charge in [-0.2, -0.15) is 17.2 Å². The number of hydrogen-bond acceptors (Lipinski definition) is 10. The van der Waals surface area contributed by atoms with Crippen LogP contribution < -0.4 is 13.7 Å². The molecule has 49 heavy (non-hydrogen) atoms. The summed E-state index contributed by atoms with van der Waals surface area (Å²) in [6.45, 7) is 2.28. The van der Waals surface area contributed by atoms with Crippen LogP contribution in [0.1, 0.15) is 62.8 Å². The number of hydrogen-bond donors (Lipinski definition) is 0. The Bertz CT molecular complexity index is 1710. The number of rotatable bonds is 16. The third kappa shape index (κ3) is 12.6. The minimum atomic E-state index is -3.76. The molecule has 0 radical (unpaired) electrons. The Hall–Kier alpha value is -3.68. The van der Waals surface area contributed by atoms with Crippen molar-refractivity contribution in [1.29, 1.82) is 0 Å². The SMILES string of the molecule is CC(C)(C)OC(=O)C[C@@H](Cc1ccc(OS(C)(=O)=O)cc1)C(=O)O[C@@H](Cc1c(Cl)cncc1Cl)c1ccc(OC(F)F)c(OCC2CC2)c1. The van der Waals surface area contributed by atoms with Crippen LogP contribution in [0.5, 0.6) is 17.2 Å². The van der Waals surface area contributed by atoms with E-state index in [0.717, 1.165) is 19.1 Å². The minimum Gasteiger partial charge on any atom is -0.489 e. The summed E-state index contributed by atoms with van der Waals surface area (Å²) in [5.74, 6) is -2.26. The molecular formula is C34H37Cl2F2NO9S. The van der Waals surface area contributed by atoms with Gasteiger partial charge in [-0.15, -0.1) is 0 Å². The average Bonchev–Trinajstić information content (AvgIpc) is 3.81. The molecule has 0 N–H and O–H groups in total. The number of halogens is 4. The van der Waals surface area contributed by atoms with Crippen LogP contribution in [0.15, 0.2) is 54.9 Å². The van der Waals surface area contributed by atoms with Crippen LogP contribution in [0.3, 0.4) is 0 Å². The summed E-state index contributed by atoms with van der Waals surface area (Å²) in [4.78, 5) is 30.9. The Morgan fingerprint density at radius 2 is 1.63 bits per heavy atom. The van der Waals surface area contributed by atoms with Gasteiger partial charge in [0.05, 0.1) is 35.2 Å². The van der Waals surface area contributed by atoms with Crippen molar-refractivity contribution in [2.45, 2.75) is 71.2 Å². The average molecular weight is 745 g/mol. The summed E-state index contributed by atoms with van der Waals surface area (Å²) in [6.07, 6.45) is 4.13. The van der Waals surface area contributed by atoms with E-state index >= 15 is 0 Å². The lowest BCUT2D eigenvalue weighted by atomic mass is 9.95. The second-order valence-corrected chi connectivity index (χ2v) is 15.1. The van der Waals surface area contributed by atoms with E-state index in [1.165, 1.54) is 42.7 Å². The lowest BCUT2D eigenvalue weighted by Crippen LogP contribution is -2.30. The molecule has 1 aromatic heterocycles. The Kier molecular flexibility index (Phi) is 12.7. The summed E-state index contributed by atoms with van der Waals surface area (Å²) in [5, 5.41) is 0.413. The summed E-state index contributed by atoms with van der Waals surface area (Å²) < 4.78 is 76.5. The molecule has 1 heterocycles. The molecule has 0 bridgehead atoms. The van der Waals surface area contributed by atoms with Gasteiger partial charge >= 0.3 is 28.7 Å². The van der Waals surface area contributed by atoms with Crippen molar-refractivity contribution in [3.63, 3.8) is 0 Å². The van der Waals surface area contributed by atoms with E-state index in [9.17, 15) is 26.8 Å². The molecule has 15 heteroatoms. The molecule has 10 nitrogen and oxygen atoms in total. The Labute approximate surface area is 294 Å². The van der Waals surface area contributed by atoms with Crippen molar-refractivity contribution in [2.75, 3.05) is 12.9 Å². The number of pyridine rings is 1. The standard InChI is InChI=1S/C34H37Cl2F2NO9S/c1-34(2,3)47-31(40)15-23(13-20-7-10-24(11-8-20)48-49(4,42)43)32(41)45-29(16-25-26(35)17-39-18-27(25)36)22-9-12-28(46-33(37)38)30(14-22)44-19-21-5-6-21/h7-12,14,17-18,21,23,29,33H,5-6,13,15-16,19H2,1-4H3/t23-,29+/m1/s1. The van der Waals surface area contributed by atoms with Gasteiger partial charge in [0.15, 0.2) is 11.5 Å². The maximum atomic E-state index is 14.0. The van der Waals surface area contributed by atoms with E-state index in [1.54, 1.807) is 32.9 Å². The molecule has 1 aliphatic carbocycles. The summed E-state index contributed by atoms with van der Waals surface area (Å²) in [5.41, 5.74) is 0.525. The van der Waals surface area contributed by atoms with Crippen LogP contribution in [-0.4, -0.2) is 50.4 Å². The van der Waals surface area contributed by atoms with Crippen molar-refractivity contribution >= 4 is 45.3 Å². The fraction of sp³-hybridized carbons (Fsp3) is 0.441. The predicted molar refractivity (Wildman–Crippen MR) is 178 cm³/mol. The van der Waals surface area contributed by atoms with Crippen LogP contribution in [0, 0.1) is 11.8 Å². The molecule has 0 aliphatic heterocycles. The summed E-state index contributed by atoms with van der Waals surface area (Å²) in [6, 6.07) is 10.2. The van der Waals surface area contributed by atoms with E-state index in [-0.39, 0.29) is 46.6 Å². The smallest absolute Gasteiger partial charge is 0.387 e. The van der Waals surface area contributed by atoms with Gasteiger partial charge in [0.2, 0.25) is 0 Å². The molecule has 2 aromatic carbocycles. The fourth-order valence-electron chi connectivity index (χ4n) is 4.77. The van der Waals surface area contributed by atoms with Gasteiger partial charge in [0, 0.05) is 18.8 Å². The molecule has 0 amide bonds. The number of carbonyl (C=O) groups excluding carboxylic acids is 2.